The van der Waals surface area contributed by atoms with E-state index in [4.69, 9.17) is 0 Å². The number of carbonyl (C=O) groups excluding carboxylic acids is 2. The molecule has 2 aromatic heterocycles. The summed E-state index contributed by atoms with van der Waals surface area (Å²) in [7, 11) is 4.06. The number of amides is 3. The van der Waals surface area contributed by atoms with E-state index in [2.05, 4.69) is 87.4 Å². The number of nitrogens with zero attached hydrogens (tertiary/aromatic N) is 2. The van der Waals surface area contributed by atoms with E-state index in [1.807, 2.05) is 55.7 Å². The predicted molar refractivity (Wildman–Crippen MR) is 190 cm³/mol. The molecule has 1 aliphatic rings. The number of anilines is 1. The molecule has 238 valence electrons. The van der Waals surface area contributed by atoms with Crippen molar-refractivity contribution in [3.63, 3.8) is 0 Å². The molecule has 8 heteroatoms. The van der Waals surface area contributed by atoms with Gasteiger partial charge in [0.15, 0.2) is 0 Å². The van der Waals surface area contributed by atoms with Crippen LogP contribution in [0.3, 0.4) is 0 Å². The molecule has 5 aromatic rings. The van der Waals surface area contributed by atoms with Crippen LogP contribution < -0.4 is 10.6 Å². The topological polar surface area (TPSA) is 80.5 Å². The van der Waals surface area contributed by atoms with Crippen LogP contribution in [0, 0.1) is 6.92 Å². The Balaban J connectivity index is 1.27. The first-order valence-electron chi connectivity index (χ1n) is 16.1. The molecule has 0 aliphatic carbocycles. The fraction of sp³-hybridized carbons (Fsp3) is 0.316. The third-order valence-corrected chi connectivity index (χ3v) is 9.94. The summed E-state index contributed by atoms with van der Waals surface area (Å²) in [6, 6.07) is 23.9. The van der Waals surface area contributed by atoms with Crippen LogP contribution in [-0.4, -0.2) is 59.9 Å². The molecule has 3 N–H and O–H groups in total. The Morgan fingerprint density at radius 2 is 1.78 bits per heavy atom. The molecule has 0 saturated carbocycles. The molecule has 3 heterocycles. The number of likely N-dealkylation sites (tertiary alicyclic amines) is 1. The number of aromatic nitrogens is 1. The molecule has 0 unspecified atom stereocenters. The Hall–Kier alpha value is -4.40. The zero-order chi connectivity index (χ0) is 32.2. The van der Waals surface area contributed by atoms with Crippen LogP contribution >= 0.6 is 11.3 Å². The first kappa shape index (κ1) is 31.6. The molecule has 6 rings (SSSR count). The molecule has 3 aromatic carbocycles. The Morgan fingerprint density at radius 3 is 2.52 bits per heavy atom. The number of thiophene rings is 1. The quantitative estimate of drug-likeness (QED) is 0.154. The maximum absolute atomic E-state index is 14.4. The van der Waals surface area contributed by atoms with Crippen molar-refractivity contribution in [1.82, 2.24) is 20.1 Å². The normalized spacial score (nSPS) is 15.2. The maximum Gasteiger partial charge on any atom is 0.318 e. The zero-order valence-electron chi connectivity index (χ0n) is 27.0. The van der Waals surface area contributed by atoms with Crippen molar-refractivity contribution in [2.45, 2.75) is 51.1 Å². The van der Waals surface area contributed by atoms with Gasteiger partial charge >= 0.3 is 6.03 Å². The Bertz CT molecular complexity index is 1800. The van der Waals surface area contributed by atoms with Crippen molar-refractivity contribution < 1.29 is 9.59 Å². The molecule has 0 radical (unpaired) electrons. The van der Waals surface area contributed by atoms with Crippen molar-refractivity contribution in [3.05, 3.63) is 112 Å². The molecule has 7 nitrogen and oxygen atoms in total. The Labute approximate surface area is 275 Å². The highest BCUT2D eigenvalue weighted by molar-refractivity contribution is 7.08. The minimum Gasteiger partial charge on any atom is -0.361 e. The number of urea groups is 1. The van der Waals surface area contributed by atoms with E-state index in [0.29, 0.717) is 19.0 Å². The SMILES string of the molecule is Cc1ccccc1C1CCN(C(=O)N[C@@H](C(=O)Nc2cc(CN(C)C)ccc2-c2ccsc2)[C@H](C)c2c[nH]c3ccccc23)CC1. The fourth-order valence-electron chi connectivity index (χ4n) is 6.77. The van der Waals surface area contributed by atoms with Gasteiger partial charge in [-0.1, -0.05) is 61.5 Å². The first-order chi connectivity index (χ1) is 22.3. The lowest BCUT2D eigenvalue weighted by atomic mass is 9.87. The van der Waals surface area contributed by atoms with Crippen LogP contribution in [0.1, 0.15) is 53.9 Å². The molecular weight excluding hydrogens is 591 g/mol. The molecule has 46 heavy (non-hydrogen) atoms. The van der Waals surface area contributed by atoms with Gasteiger partial charge in [0, 0.05) is 53.9 Å². The number of carbonyl (C=O) groups is 2. The number of benzene rings is 3. The second-order valence-electron chi connectivity index (χ2n) is 12.7. The third-order valence-electron chi connectivity index (χ3n) is 9.26. The molecule has 1 fully saturated rings. The van der Waals surface area contributed by atoms with E-state index in [1.165, 1.54) is 11.1 Å². The number of fused-ring (bicyclic) bond motifs is 1. The van der Waals surface area contributed by atoms with Gasteiger partial charge in [-0.05, 0) is 96.6 Å². The van der Waals surface area contributed by atoms with Crippen LogP contribution in [0.2, 0.25) is 0 Å². The number of nitrogens with one attached hydrogen (secondary N) is 3. The van der Waals surface area contributed by atoms with Gasteiger partial charge in [0.05, 0.1) is 0 Å². The molecule has 1 saturated heterocycles. The highest BCUT2D eigenvalue weighted by atomic mass is 32.1. The van der Waals surface area contributed by atoms with E-state index in [9.17, 15) is 9.59 Å². The average molecular weight is 634 g/mol. The van der Waals surface area contributed by atoms with E-state index in [-0.39, 0.29) is 17.9 Å². The molecular formula is C38H43N5O2S. The number of aromatic amines is 1. The van der Waals surface area contributed by atoms with Crippen molar-refractivity contribution in [2.75, 3.05) is 32.5 Å². The summed E-state index contributed by atoms with van der Waals surface area (Å²) < 4.78 is 0. The number of piperidine rings is 1. The minimum absolute atomic E-state index is 0.200. The summed E-state index contributed by atoms with van der Waals surface area (Å²) in [4.78, 5) is 35.6. The molecule has 0 bridgehead atoms. The van der Waals surface area contributed by atoms with Gasteiger partial charge in [-0.3, -0.25) is 4.79 Å². The summed E-state index contributed by atoms with van der Waals surface area (Å²) in [5, 5.41) is 11.6. The third kappa shape index (κ3) is 6.88. The van der Waals surface area contributed by atoms with Crippen molar-refractivity contribution in [2.24, 2.45) is 0 Å². The van der Waals surface area contributed by atoms with E-state index >= 15 is 0 Å². The van der Waals surface area contributed by atoms with Gasteiger partial charge in [-0.15, -0.1) is 0 Å². The van der Waals surface area contributed by atoms with Gasteiger partial charge in [0.2, 0.25) is 5.91 Å². The monoisotopic (exact) mass is 633 g/mol. The van der Waals surface area contributed by atoms with E-state index in [1.54, 1.807) is 11.3 Å². The van der Waals surface area contributed by atoms with Crippen LogP contribution in [0.25, 0.3) is 22.0 Å². The Kier molecular flexibility index (Phi) is 9.56. The van der Waals surface area contributed by atoms with Crippen LogP contribution in [0.5, 0.6) is 0 Å². The number of para-hydroxylation sites is 1. The number of rotatable bonds is 9. The molecule has 0 spiro atoms. The maximum atomic E-state index is 14.4. The van der Waals surface area contributed by atoms with Gasteiger partial charge in [-0.25, -0.2) is 4.79 Å². The van der Waals surface area contributed by atoms with Crippen LogP contribution in [0.4, 0.5) is 10.5 Å². The highest BCUT2D eigenvalue weighted by Crippen LogP contribution is 2.34. The zero-order valence-corrected chi connectivity index (χ0v) is 27.9. The van der Waals surface area contributed by atoms with Crippen molar-refractivity contribution >= 4 is 39.9 Å². The number of aryl methyl sites for hydroxylation is 1. The number of hydrogen-bond acceptors (Lipinski definition) is 4. The number of hydrogen-bond donors (Lipinski definition) is 3. The van der Waals surface area contributed by atoms with Gasteiger partial charge in [0.25, 0.3) is 0 Å². The minimum atomic E-state index is -0.798. The van der Waals surface area contributed by atoms with Crippen LogP contribution in [-0.2, 0) is 11.3 Å². The lowest BCUT2D eigenvalue weighted by Gasteiger charge is -2.34. The first-order valence-corrected chi connectivity index (χ1v) is 17.0. The average Bonchev–Trinajstić information content (AvgIpc) is 3.74. The summed E-state index contributed by atoms with van der Waals surface area (Å²) in [6.07, 6.45) is 3.76. The van der Waals surface area contributed by atoms with Crippen molar-refractivity contribution in [1.29, 1.82) is 0 Å². The molecule has 1 aliphatic heterocycles. The lowest BCUT2D eigenvalue weighted by Crippen LogP contribution is -2.53. The Morgan fingerprint density at radius 1 is 1.02 bits per heavy atom. The van der Waals surface area contributed by atoms with E-state index in [0.717, 1.165) is 58.2 Å². The van der Waals surface area contributed by atoms with Crippen molar-refractivity contribution in [3.8, 4) is 11.1 Å². The second-order valence-corrected chi connectivity index (χ2v) is 13.5. The summed E-state index contributed by atoms with van der Waals surface area (Å²) in [6.45, 7) is 6.22. The molecule has 3 amide bonds. The highest BCUT2D eigenvalue weighted by Gasteiger charge is 2.33. The molecule has 2 atom stereocenters. The summed E-state index contributed by atoms with van der Waals surface area (Å²) in [5.41, 5.74) is 8.52. The van der Waals surface area contributed by atoms with Gasteiger partial charge < -0.3 is 25.4 Å². The van der Waals surface area contributed by atoms with Gasteiger partial charge in [0.1, 0.15) is 6.04 Å². The largest absolute Gasteiger partial charge is 0.361 e. The standard InChI is InChI=1S/C38H43N5O2S/c1-25-9-5-6-10-30(25)28-15-18-43(19-16-28)38(45)41-36(26(2)33-22-39-34-12-8-7-11-32(33)34)37(44)40-35-21-27(23-42(3)4)13-14-31(35)29-17-20-46-24-29/h5-14,17,20-22,24,26,28,36,39H,15-16,18-19,23H2,1-4H3,(H,40,44)(H,41,45)/t26-,36-/m1/s1. The fourth-order valence-corrected chi connectivity index (χ4v) is 7.42. The summed E-state index contributed by atoms with van der Waals surface area (Å²) in [5.74, 6) is -0.0990. The smallest absolute Gasteiger partial charge is 0.318 e. The van der Waals surface area contributed by atoms with Gasteiger partial charge in [-0.2, -0.15) is 11.3 Å². The lowest BCUT2D eigenvalue weighted by molar-refractivity contribution is -0.118. The van der Waals surface area contributed by atoms with E-state index < -0.39 is 6.04 Å². The number of H-pyrrole nitrogens is 1. The predicted octanol–water partition coefficient (Wildman–Crippen LogP) is 7.97. The van der Waals surface area contributed by atoms with Crippen LogP contribution in [0.15, 0.2) is 89.8 Å². The summed E-state index contributed by atoms with van der Waals surface area (Å²) >= 11 is 1.62. The second kappa shape index (κ2) is 13.9.